The molecule has 7 heteroatoms. The molecule has 2 aliphatic heterocycles. The van der Waals surface area contributed by atoms with Gasteiger partial charge in [0.1, 0.15) is 5.82 Å². The molecule has 2 N–H and O–H groups in total. The molecule has 1 fully saturated rings. The van der Waals surface area contributed by atoms with Crippen molar-refractivity contribution in [2.45, 2.75) is 45.1 Å². The predicted molar refractivity (Wildman–Crippen MR) is 97.1 cm³/mol. The number of carbonyl (C=O) groups is 2. The number of aromatic nitrogens is 1. The second kappa shape index (κ2) is 8.49. The SMILES string of the molecule is CCOC(=O)C(C(=O)O)N1CCCC(Cc2ccc3c(n2)NCCC3)C1. The van der Waals surface area contributed by atoms with E-state index in [0.717, 1.165) is 50.2 Å². The van der Waals surface area contributed by atoms with Gasteiger partial charge in [-0.05, 0) is 63.1 Å². The number of carbonyl (C=O) groups excluding carboxylic acids is 1. The van der Waals surface area contributed by atoms with E-state index in [1.54, 1.807) is 11.8 Å². The second-order valence-electron chi connectivity index (χ2n) is 7.04. The Kier molecular flexibility index (Phi) is 6.08. The summed E-state index contributed by atoms with van der Waals surface area (Å²) in [6.07, 6.45) is 4.87. The Morgan fingerprint density at radius 3 is 3.04 bits per heavy atom. The Bertz CT molecular complexity index is 664. The number of carboxylic acids is 1. The van der Waals surface area contributed by atoms with Crippen LogP contribution in [-0.2, 0) is 27.2 Å². The summed E-state index contributed by atoms with van der Waals surface area (Å²) in [5.41, 5.74) is 2.28. The van der Waals surface area contributed by atoms with Crippen LogP contribution in [0.4, 0.5) is 5.82 Å². The smallest absolute Gasteiger partial charge is 0.335 e. The molecular weight excluding hydrogens is 334 g/mol. The van der Waals surface area contributed by atoms with E-state index < -0.39 is 18.0 Å². The van der Waals surface area contributed by atoms with Gasteiger partial charge in [0.15, 0.2) is 0 Å². The summed E-state index contributed by atoms with van der Waals surface area (Å²) in [7, 11) is 0. The van der Waals surface area contributed by atoms with Crippen LogP contribution < -0.4 is 5.32 Å². The Balaban J connectivity index is 1.66. The summed E-state index contributed by atoms with van der Waals surface area (Å²) in [5.74, 6) is -0.539. The Hall–Kier alpha value is -2.15. The third kappa shape index (κ3) is 4.33. The molecule has 142 valence electrons. The van der Waals surface area contributed by atoms with Crippen LogP contribution in [0.2, 0.25) is 0 Å². The minimum Gasteiger partial charge on any atom is -0.480 e. The van der Waals surface area contributed by atoms with Crippen molar-refractivity contribution >= 4 is 17.8 Å². The molecular formula is C19H27N3O4. The van der Waals surface area contributed by atoms with E-state index in [9.17, 15) is 14.7 Å². The zero-order chi connectivity index (χ0) is 18.5. The lowest BCUT2D eigenvalue weighted by Gasteiger charge is -2.35. The Morgan fingerprint density at radius 1 is 1.42 bits per heavy atom. The van der Waals surface area contributed by atoms with E-state index in [1.807, 2.05) is 0 Å². The van der Waals surface area contributed by atoms with E-state index in [4.69, 9.17) is 9.72 Å². The average molecular weight is 361 g/mol. The molecule has 0 saturated carbocycles. The van der Waals surface area contributed by atoms with E-state index >= 15 is 0 Å². The van der Waals surface area contributed by atoms with Gasteiger partial charge in [0.05, 0.1) is 6.61 Å². The molecule has 2 aliphatic rings. The first kappa shape index (κ1) is 18.6. The Labute approximate surface area is 153 Å². The molecule has 3 rings (SSSR count). The van der Waals surface area contributed by atoms with Crippen molar-refractivity contribution in [1.82, 2.24) is 9.88 Å². The van der Waals surface area contributed by atoms with Gasteiger partial charge in [0.25, 0.3) is 0 Å². The largest absolute Gasteiger partial charge is 0.480 e. The summed E-state index contributed by atoms with van der Waals surface area (Å²) in [6.45, 7) is 4.01. The van der Waals surface area contributed by atoms with Crippen LogP contribution in [0.25, 0.3) is 0 Å². The highest BCUT2D eigenvalue weighted by atomic mass is 16.5. The number of rotatable bonds is 6. The van der Waals surface area contributed by atoms with Crippen LogP contribution in [0.5, 0.6) is 0 Å². The number of nitrogens with one attached hydrogen (secondary N) is 1. The van der Waals surface area contributed by atoms with E-state index in [0.29, 0.717) is 13.1 Å². The van der Waals surface area contributed by atoms with Gasteiger partial charge in [-0.1, -0.05) is 6.07 Å². The number of likely N-dealkylation sites (tertiary alicyclic amines) is 1. The number of aliphatic carboxylic acids is 1. The maximum absolute atomic E-state index is 12.0. The number of esters is 1. The molecule has 2 unspecified atom stereocenters. The molecule has 7 nitrogen and oxygen atoms in total. The third-order valence-electron chi connectivity index (χ3n) is 5.11. The van der Waals surface area contributed by atoms with Gasteiger partial charge in [-0.15, -0.1) is 0 Å². The van der Waals surface area contributed by atoms with Crippen LogP contribution in [0.3, 0.4) is 0 Å². The first-order valence-electron chi connectivity index (χ1n) is 9.44. The van der Waals surface area contributed by atoms with Crippen LogP contribution in [-0.4, -0.2) is 59.2 Å². The molecule has 0 aromatic carbocycles. The second-order valence-corrected chi connectivity index (χ2v) is 7.04. The zero-order valence-corrected chi connectivity index (χ0v) is 15.2. The van der Waals surface area contributed by atoms with Gasteiger partial charge < -0.3 is 15.2 Å². The van der Waals surface area contributed by atoms with Gasteiger partial charge in [-0.3, -0.25) is 4.90 Å². The van der Waals surface area contributed by atoms with Crippen molar-refractivity contribution in [2.24, 2.45) is 5.92 Å². The molecule has 0 aliphatic carbocycles. The van der Waals surface area contributed by atoms with Crippen molar-refractivity contribution in [3.8, 4) is 0 Å². The van der Waals surface area contributed by atoms with Crippen LogP contribution in [0.15, 0.2) is 12.1 Å². The highest BCUT2D eigenvalue weighted by Gasteiger charge is 2.37. The Morgan fingerprint density at radius 2 is 2.27 bits per heavy atom. The highest BCUT2D eigenvalue weighted by molar-refractivity contribution is 5.98. The fourth-order valence-electron chi connectivity index (χ4n) is 3.90. The number of nitrogens with zero attached hydrogens (tertiary/aromatic N) is 2. The standard InChI is InChI=1S/C19H27N3O4/c1-2-26-19(25)16(18(23)24)22-10-4-5-13(12-22)11-15-8-7-14-6-3-9-20-17(14)21-15/h7-8,13,16H,2-6,9-12H2,1H3,(H,20,21)(H,23,24). The summed E-state index contributed by atoms with van der Waals surface area (Å²) in [5, 5.41) is 12.8. The number of hydrogen-bond acceptors (Lipinski definition) is 6. The summed E-state index contributed by atoms with van der Waals surface area (Å²) in [4.78, 5) is 30.1. The van der Waals surface area contributed by atoms with Gasteiger partial charge in [-0.2, -0.15) is 0 Å². The molecule has 0 bridgehead atoms. The number of carboxylic acid groups (broad SMARTS) is 1. The number of pyridine rings is 1. The van der Waals surface area contributed by atoms with E-state index in [2.05, 4.69) is 17.4 Å². The molecule has 0 radical (unpaired) electrons. The number of aryl methyl sites for hydroxylation is 1. The van der Waals surface area contributed by atoms with Gasteiger partial charge in [-0.25, -0.2) is 14.6 Å². The minimum absolute atomic E-state index is 0.186. The molecule has 1 saturated heterocycles. The van der Waals surface area contributed by atoms with E-state index in [1.165, 1.54) is 5.56 Å². The van der Waals surface area contributed by atoms with Crippen LogP contribution in [0.1, 0.15) is 37.4 Å². The van der Waals surface area contributed by atoms with Crippen molar-refractivity contribution in [3.63, 3.8) is 0 Å². The average Bonchev–Trinajstić information content (AvgIpc) is 2.62. The lowest BCUT2D eigenvalue weighted by atomic mass is 9.92. The molecule has 1 aromatic heterocycles. The molecule has 26 heavy (non-hydrogen) atoms. The maximum atomic E-state index is 12.0. The van der Waals surface area contributed by atoms with Gasteiger partial charge >= 0.3 is 11.9 Å². The summed E-state index contributed by atoms with van der Waals surface area (Å²) >= 11 is 0. The van der Waals surface area contributed by atoms with Crippen molar-refractivity contribution < 1.29 is 19.4 Å². The van der Waals surface area contributed by atoms with Crippen molar-refractivity contribution in [1.29, 1.82) is 0 Å². The number of anilines is 1. The third-order valence-corrected chi connectivity index (χ3v) is 5.11. The molecule has 2 atom stereocenters. The number of piperidine rings is 1. The molecule has 1 aromatic rings. The van der Waals surface area contributed by atoms with Crippen LogP contribution in [0, 0.1) is 5.92 Å². The lowest BCUT2D eigenvalue weighted by molar-refractivity contribution is -0.161. The summed E-state index contributed by atoms with van der Waals surface area (Å²) in [6, 6.07) is 3.00. The first-order chi connectivity index (χ1) is 12.6. The molecule has 0 amide bonds. The van der Waals surface area contributed by atoms with Crippen molar-refractivity contribution in [2.75, 3.05) is 31.6 Å². The first-order valence-corrected chi connectivity index (χ1v) is 9.44. The zero-order valence-electron chi connectivity index (χ0n) is 15.2. The lowest BCUT2D eigenvalue weighted by Crippen LogP contribution is -2.51. The highest BCUT2D eigenvalue weighted by Crippen LogP contribution is 2.25. The molecule has 0 spiro atoms. The summed E-state index contributed by atoms with van der Waals surface area (Å²) < 4.78 is 4.95. The molecule has 3 heterocycles. The number of fused-ring (bicyclic) bond motifs is 1. The van der Waals surface area contributed by atoms with E-state index in [-0.39, 0.29) is 12.5 Å². The predicted octanol–water partition coefficient (Wildman–Crippen LogP) is 1.71. The maximum Gasteiger partial charge on any atom is 0.335 e. The quantitative estimate of drug-likeness (QED) is 0.589. The number of hydrogen-bond donors (Lipinski definition) is 2. The monoisotopic (exact) mass is 361 g/mol. The minimum atomic E-state index is -1.21. The van der Waals surface area contributed by atoms with Gasteiger partial charge in [0.2, 0.25) is 6.04 Å². The topological polar surface area (TPSA) is 91.8 Å². The van der Waals surface area contributed by atoms with Crippen LogP contribution >= 0.6 is 0 Å². The fourth-order valence-corrected chi connectivity index (χ4v) is 3.90. The van der Waals surface area contributed by atoms with Gasteiger partial charge in [0, 0.05) is 18.8 Å². The fraction of sp³-hybridized carbons (Fsp3) is 0.632. The van der Waals surface area contributed by atoms with Crippen molar-refractivity contribution in [3.05, 3.63) is 23.4 Å². The normalized spacial score (nSPS) is 21.3. The number of ether oxygens (including phenoxy) is 1.